The first-order valence-electron chi connectivity index (χ1n) is 9.07. The van der Waals surface area contributed by atoms with E-state index < -0.39 is 0 Å². The summed E-state index contributed by atoms with van der Waals surface area (Å²) in [4.78, 5) is 6.28. The number of hydrogen-bond donors (Lipinski definition) is 2. The molecule has 1 saturated carbocycles. The molecular weight excluding hydrogens is 331 g/mol. The van der Waals surface area contributed by atoms with Crippen LogP contribution in [0.3, 0.4) is 0 Å². The van der Waals surface area contributed by atoms with Gasteiger partial charge in [-0.3, -0.25) is 4.99 Å². The second-order valence-electron chi connectivity index (χ2n) is 8.15. The molecule has 26 heavy (non-hydrogen) atoms. The zero-order chi connectivity index (χ0) is 19.5. The molecule has 146 valence electrons. The van der Waals surface area contributed by atoms with Crippen molar-refractivity contribution >= 4 is 5.96 Å². The van der Waals surface area contributed by atoms with Crippen LogP contribution in [0.1, 0.15) is 38.3 Å². The third-order valence-electron chi connectivity index (χ3n) is 5.87. The fourth-order valence-electron chi connectivity index (χ4n) is 3.47. The van der Waals surface area contributed by atoms with Crippen LogP contribution in [0.15, 0.2) is 23.2 Å². The molecule has 0 aromatic heterocycles. The van der Waals surface area contributed by atoms with Gasteiger partial charge >= 0.3 is 0 Å². The van der Waals surface area contributed by atoms with Crippen molar-refractivity contribution < 1.29 is 9.13 Å². The van der Waals surface area contributed by atoms with Crippen molar-refractivity contribution in [1.82, 2.24) is 15.5 Å². The Bertz CT molecular complexity index is 659. The fraction of sp³-hybridized carbons (Fsp3) is 0.650. The van der Waals surface area contributed by atoms with Gasteiger partial charge in [-0.25, -0.2) is 4.39 Å². The molecule has 1 aromatic rings. The molecule has 0 bridgehead atoms. The largest absolute Gasteiger partial charge is 0.378 e. The number of halogens is 1. The number of hydrogen-bond acceptors (Lipinski definition) is 3. The second kappa shape index (κ2) is 7.92. The molecule has 5 nitrogen and oxygen atoms in total. The molecule has 1 aliphatic rings. The summed E-state index contributed by atoms with van der Waals surface area (Å²) in [5, 5.41) is 6.82. The summed E-state index contributed by atoms with van der Waals surface area (Å²) in [6.45, 7) is 7.73. The molecule has 0 saturated heterocycles. The van der Waals surface area contributed by atoms with Gasteiger partial charge in [0.05, 0.1) is 5.60 Å². The fourth-order valence-corrected chi connectivity index (χ4v) is 3.47. The van der Waals surface area contributed by atoms with Crippen LogP contribution in [0.25, 0.3) is 0 Å². The number of ether oxygens (including phenoxy) is 1. The van der Waals surface area contributed by atoms with Crippen molar-refractivity contribution in [2.24, 2.45) is 10.4 Å². The molecule has 1 fully saturated rings. The van der Waals surface area contributed by atoms with Crippen LogP contribution in [-0.2, 0) is 17.8 Å². The van der Waals surface area contributed by atoms with Crippen molar-refractivity contribution in [3.8, 4) is 0 Å². The Morgan fingerprint density at radius 2 is 2.04 bits per heavy atom. The Morgan fingerprint density at radius 3 is 2.58 bits per heavy atom. The summed E-state index contributed by atoms with van der Waals surface area (Å²) in [5.41, 5.74) is 1.62. The van der Waals surface area contributed by atoms with Crippen LogP contribution < -0.4 is 10.6 Å². The van der Waals surface area contributed by atoms with Gasteiger partial charge in [0.2, 0.25) is 0 Å². The summed E-state index contributed by atoms with van der Waals surface area (Å²) in [5.74, 6) is 0.583. The Hall–Kier alpha value is -1.66. The van der Waals surface area contributed by atoms with Gasteiger partial charge in [-0.15, -0.1) is 0 Å². The lowest BCUT2D eigenvalue weighted by Gasteiger charge is -2.59. The van der Waals surface area contributed by atoms with Crippen LogP contribution in [0, 0.1) is 11.2 Å². The molecule has 1 aliphatic carbocycles. The molecule has 0 amide bonds. The van der Waals surface area contributed by atoms with Crippen LogP contribution >= 0.6 is 0 Å². The smallest absolute Gasteiger partial charge is 0.191 e. The third kappa shape index (κ3) is 4.18. The van der Waals surface area contributed by atoms with E-state index >= 15 is 0 Å². The molecule has 1 aromatic carbocycles. The van der Waals surface area contributed by atoms with E-state index in [4.69, 9.17) is 4.74 Å². The van der Waals surface area contributed by atoms with E-state index in [9.17, 15) is 4.39 Å². The topological polar surface area (TPSA) is 48.9 Å². The van der Waals surface area contributed by atoms with E-state index in [0.717, 1.165) is 17.9 Å². The van der Waals surface area contributed by atoms with Crippen molar-refractivity contribution in [2.75, 3.05) is 28.3 Å². The van der Waals surface area contributed by atoms with E-state index in [1.54, 1.807) is 14.2 Å². The van der Waals surface area contributed by atoms with Gasteiger partial charge in [0, 0.05) is 44.3 Å². The highest BCUT2D eigenvalue weighted by molar-refractivity contribution is 5.80. The maximum atomic E-state index is 13.9. The molecule has 2 N–H and O–H groups in total. The molecule has 0 spiro atoms. The molecule has 0 radical (unpaired) electrons. The first-order valence-corrected chi connectivity index (χ1v) is 9.07. The minimum Gasteiger partial charge on any atom is -0.378 e. The van der Waals surface area contributed by atoms with Crippen molar-refractivity contribution in [2.45, 2.75) is 51.9 Å². The molecule has 0 heterocycles. The zero-order valence-corrected chi connectivity index (χ0v) is 17.1. The van der Waals surface area contributed by atoms with Crippen LogP contribution in [0.2, 0.25) is 0 Å². The number of nitrogens with one attached hydrogen (secondary N) is 2. The van der Waals surface area contributed by atoms with Gasteiger partial charge in [-0.05, 0) is 45.1 Å². The predicted octanol–water partition coefficient (Wildman–Crippen LogP) is 2.76. The Morgan fingerprint density at radius 1 is 1.35 bits per heavy atom. The number of guanidine groups is 1. The first-order chi connectivity index (χ1) is 12.1. The molecule has 2 unspecified atom stereocenters. The highest BCUT2D eigenvalue weighted by atomic mass is 19.1. The molecule has 0 aliphatic heterocycles. The summed E-state index contributed by atoms with van der Waals surface area (Å²) >= 11 is 0. The summed E-state index contributed by atoms with van der Waals surface area (Å²) in [7, 11) is 7.40. The lowest BCUT2D eigenvalue weighted by Crippen LogP contribution is -2.69. The van der Waals surface area contributed by atoms with Crippen molar-refractivity contribution in [1.29, 1.82) is 0 Å². The normalized spacial score (nSPS) is 25.1. The van der Waals surface area contributed by atoms with Gasteiger partial charge < -0.3 is 20.3 Å². The molecule has 2 atom stereocenters. The lowest BCUT2D eigenvalue weighted by molar-refractivity contribution is -0.176. The number of nitrogens with zero attached hydrogens (tertiary/aromatic N) is 2. The van der Waals surface area contributed by atoms with E-state index in [2.05, 4.69) is 36.4 Å². The average Bonchev–Trinajstić information content (AvgIpc) is 2.59. The van der Waals surface area contributed by atoms with Crippen molar-refractivity contribution in [3.63, 3.8) is 0 Å². The Labute approximate surface area is 157 Å². The van der Waals surface area contributed by atoms with Crippen LogP contribution in [0.5, 0.6) is 0 Å². The van der Waals surface area contributed by atoms with Gasteiger partial charge in [-0.2, -0.15) is 0 Å². The zero-order valence-electron chi connectivity index (χ0n) is 17.1. The van der Waals surface area contributed by atoms with Gasteiger partial charge in [0.1, 0.15) is 5.82 Å². The minimum absolute atomic E-state index is 0.00806. The predicted molar refractivity (Wildman–Crippen MR) is 105 cm³/mol. The van der Waals surface area contributed by atoms with E-state index in [-0.39, 0.29) is 22.9 Å². The van der Waals surface area contributed by atoms with Gasteiger partial charge in [0.25, 0.3) is 0 Å². The summed E-state index contributed by atoms with van der Waals surface area (Å²) in [6.07, 6.45) is 0.931. The second-order valence-corrected chi connectivity index (χ2v) is 8.15. The third-order valence-corrected chi connectivity index (χ3v) is 5.87. The average molecular weight is 365 g/mol. The van der Waals surface area contributed by atoms with Crippen molar-refractivity contribution in [3.05, 3.63) is 35.1 Å². The molecule has 2 rings (SSSR count). The maximum absolute atomic E-state index is 13.9. The van der Waals surface area contributed by atoms with Crippen LogP contribution in [-0.4, -0.2) is 50.8 Å². The van der Waals surface area contributed by atoms with E-state index in [1.165, 1.54) is 6.07 Å². The molecular formula is C20H33FN4O. The summed E-state index contributed by atoms with van der Waals surface area (Å²) < 4.78 is 19.6. The number of rotatable bonds is 6. The lowest BCUT2D eigenvalue weighted by atomic mass is 9.56. The van der Waals surface area contributed by atoms with Crippen LogP contribution in [0.4, 0.5) is 4.39 Å². The first kappa shape index (κ1) is 20.6. The number of aliphatic imine (C=N–C) groups is 1. The maximum Gasteiger partial charge on any atom is 0.191 e. The highest BCUT2D eigenvalue weighted by Crippen LogP contribution is 2.51. The Kier molecular flexibility index (Phi) is 6.29. The monoisotopic (exact) mass is 364 g/mol. The minimum atomic E-state index is -0.167. The highest BCUT2D eigenvalue weighted by Gasteiger charge is 2.58. The van der Waals surface area contributed by atoms with Gasteiger partial charge in [-0.1, -0.05) is 19.9 Å². The number of benzene rings is 1. The van der Waals surface area contributed by atoms with Gasteiger partial charge in [0.15, 0.2) is 5.96 Å². The van der Waals surface area contributed by atoms with E-state index in [0.29, 0.717) is 18.7 Å². The standard InChI is InChI=1S/C20H33FN4O/c1-19(2)17(11-20(19,3)26-7)24-18(22-4)23-12-14-8-9-16(21)15(10-14)13-25(5)6/h8-10,17H,11-13H2,1-7H3,(H2,22,23,24). The Balaban J connectivity index is 1.96. The van der Waals surface area contributed by atoms with E-state index in [1.807, 2.05) is 31.1 Å². The molecule has 6 heteroatoms. The SMILES string of the molecule is CN=C(NCc1ccc(F)c(CN(C)C)c1)NC1CC(C)(OC)C1(C)C. The summed E-state index contributed by atoms with van der Waals surface area (Å²) in [6, 6.07) is 5.54. The number of methoxy groups -OCH3 is 1. The quantitative estimate of drug-likeness (QED) is 0.602.